The normalized spacial score (nSPS) is 14.7. The predicted octanol–water partition coefficient (Wildman–Crippen LogP) is 2.47. The van der Waals surface area contributed by atoms with Gasteiger partial charge in [-0.3, -0.25) is 4.79 Å². The third-order valence-electron chi connectivity index (χ3n) is 2.71. The fraction of sp³-hybridized carbons (Fsp3) is 0.615. The van der Waals surface area contributed by atoms with Gasteiger partial charge in [0, 0.05) is 17.5 Å². The van der Waals surface area contributed by atoms with Gasteiger partial charge in [-0.1, -0.05) is 6.07 Å². The van der Waals surface area contributed by atoms with Gasteiger partial charge in [0.1, 0.15) is 0 Å². The topological polar surface area (TPSA) is 40.5 Å². The largest absolute Gasteiger partial charge is 0.392 e. The zero-order valence-corrected chi connectivity index (χ0v) is 11.7. The Morgan fingerprint density at radius 3 is 2.47 bits per heavy atom. The minimum atomic E-state index is -0.489. The second-order valence-electron chi connectivity index (χ2n) is 4.67. The van der Waals surface area contributed by atoms with Crippen LogP contribution in [0.2, 0.25) is 0 Å². The molecule has 0 aliphatic rings. The molecule has 3 nitrogen and oxygen atoms in total. The van der Waals surface area contributed by atoms with E-state index in [1.165, 1.54) is 0 Å². The van der Waals surface area contributed by atoms with E-state index in [0.29, 0.717) is 6.54 Å². The first-order valence-electron chi connectivity index (χ1n) is 5.95. The van der Waals surface area contributed by atoms with Crippen LogP contribution < -0.4 is 0 Å². The number of aliphatic hydroxyl groups is 1. The number of thiophene rings is 1. The molecule has 1 rings (SSSR count). The average Bonchev–Trinajstić information content (AvgIpc) is 2.76. The van der Waals surface area contributed by atoms with E-state index in [2.05, 4.69) is 0 Å². The van der Waals surface area contributed by atoms with Crippen molar-refractivity contribution in [1.29, 1.82) is 0 Å². The summed E-state index contributed by atoms with van der Waals surface area (Å²) in [5.74, 6) is -0.0421. The van der Waals surface area contributed by atoms with Gasteiger partial charge in [-0.25, -0.2) is 0 Å². The zero-order chi connectivity index (χ0) is 13.0. The number of rotatable bonds is 5. The monoisotopic (exact) mass is 255 g/mol. The number of hydrogen-bond acceptors (Lipinski definition) is 3. The van der Waals surface area contributed by atoms with Crippen molar-refractivity contribution >= 4 is 17.2 Å². The van der Waals surface area contributed by atoms with Crippen molar-refractivity contribution < 1.29 is 9.90 Å². The lowest BCUT2D eigenvalue weighted by Gasteiger charge is -2.30. The Bertz CT molecular complexity index is 346. The fourth-order valence-electron chi connectivity index (χ4n) is 1.75. The van der Waals surface area contributed by atoms with Crippen LogP contribution in [0.25, 0.3) is 0 Å². The van der Waals surface area contributed by atoms with Crippen LogP contribution in [0.15, 0.2) is 17.5 Å². The summed E-state index contributed by atoms with van der Waals surface area (Å²) in [5.41, 5.74) is 0. The van der Waals surface area contributed by atoms with Gasteiger partial charge in [0.05, 0.1) is 12.0 Å². The van der Waals surface area contributed by atoms with Crippen molar-refractivity contribution in [3.8, 4) is 0 Å². The van der Waals surface area contributed by atoms with E-state index in [-0.39, 0.29) is 17.9 Å². The molecule has 0 fully saturated rings. The second kappa shape index (κ2) is 6.17. The fourth-order valence-corrected chi connectivity index (χ4v) is 2.52. The molecular weight excluding hydrogens is 234 g/mol. The van der Waals surface area contributed by atoms with E-state index in [4.69, 9.17) is 0 Å². The molecule has 0 bridgehead atoms. The Hall–Kier alpha value is -0.870. The molecule has 0 aliphatic heterocycles. The summed E-state index contributed by atoms with van der Waals surface area (Å²) in [6, 6.07) is 4.05. The Morgan fingerprint density at radius 2 is 2.06 bits per heavy atom. The molecule has 17 heavy (non-hydrogen) atoms. The highest BCUT2D eigenvalue weighted by molar-refractivity contribution is 7.10. The number of carbonyl (C=O) groups is 1. The Balaban J connectivity index is 2.77. The molecule has 0 saturated carbocycles. The number of aliphatic hydroxyl groups excluding tert-OH is 1. The maximum absolute atomic E-state index is 12.3. The number of amides is 1. The van der Waals surface area contributed by atoms with Crippen molar-refractivity contribution in [2.75, 3.05) is 6.54 Å². The summed E-state index contributed by atoms with van der Waals surface area (Å²) in [4.78, 5) is 15.2. The first kappa shape index (κ1) is 14.2. The first-order chi connectivity index (χ1) is 7.93. The van der Waals surface area contributed by atoms with E-state index >= 15 is 0 Å². The molecule has 0 aromatic carbocycles. The maximum Gasteiger partial charge on any atom is 0.230 e. The number of carbonyl (C=O) groups excluding carboxylic acids is 1. The maximum atomic E-state index is 12.3. The number of nitrogens with zero attached hydrogens (tertiary/aromatic N) is 1. The SMILES string of the molecule is CC(C)N(C[C@@H](C)O)C(=O)[C@H](C)c1cccs1. The molecule has 96 valence electrons. The first-order valence-corrected chi connectivity index (χ1v) is 6.83. The Kier molecular flexibility index (Phi) is 5.15. The van der Waals surface area contributed by atoms with Crippen LogP contribution in [0.3, 0.4) is 0 Å². The van der Waals surface area contributed by atoms with Crippen LogP contribution >= 0.6 is 11.3 Å². The molecule has 0 saturated heterocycles. The highest BCUT2D eigenvalue weighted by atomic mass is 32.1. The summed E-state index contributed by atoms with van der Waals surface area (Å²) in [7, 11) is 0. The molecule has 1 aromatic heterocycles. The second-order valence-corrected chi connectivity index (χ2v) is 5.65. The molecule has 0 aliphatic carbocycles. The van der Waals surface area contributed by atoms with E-state index < -0.39 is 6.10 Å². The molecule has 2 atom stereocenters. The molecular formula is C13H21NO2S. The average molecular weight is 255 g/mol. The summed E-state index contributed by atoms with van der Waals surface area (Å²) in [5, 5.41) is 11.4. The molecule has 0 radical (unpaired) electrons. The van der Waals surface area contributed by atoms with E-state index in [9.17, 15) is 9.90 Å². The standard InChI is InChI=1S/C13H21NO2S/c1-9(2)14(8-10(3)15)13(16)11(4)12-6-5-7-17-12/h5-7,9-11,15H,8H2,1-4H3/t10-,11-/m1/s1. The molecule has 1 heterocycles. The molecule has 4 heteroatoms. The molecule has 0 spiro atoms. The van der Waals surface area contributed by atoms with Crippen molar-refractivity contribution in [2.24, 2.45) is 0 Å². The lowest BCUT2D eigenvalue weighted by Crippen LogP contribution is -2.43. The van der Waals surface area contributed by atoms with Crippen LogP contribution in [-0.4, -0.2) is 34.6 Å². The minimum absolute atomic E-state index is 0.0864. The summed E-state index contributed by atoms with van der Waals surface area (Å²) >= 11 is 1.60. The van der Waals surface area contributed by atoms with Gasteiger partial charge >= 0.3 is 0 Å². The lowest BCUT2D eigenvalue weighted by atomic mass is 10.1. The molecule has 1 N–H and O–H groups in total. The quantitative estimate of drug-likeness (QED) is 0.878. The summed E-state index contributed by atoms with van der Waals surface area (Å²) in [6.07, 6.45) is -0.489. The Morgan fingerprint density at radius 1 is 1.41 bits per heavy atom. The van der Waals surface area contributed by atoms with Crippen LogP contribution in [0.4, 0.5) is 0 Å². The van der Waals surface area contributed by atoms with Crippen LogP contribution in [0.1, 0.15) is 38.5 Å². The summed E-state index contributed by atoms with van der Waals surface area (Å²) < 4.78 is 0. The van der Waals surface area contributed by atoms with Crippen molar-refractivity contribution in [2.45, 2.75) is 45.8 Å². The molecule has 1 amide bonds. The van der Waals surface area contributed by atoms with Gasteiger partial charge < -0.3 is 10.0 Å². The minimum Gasteiger partial charge on any atom is -0.392 e. The molecule has 0 unspecified atom stereocenters. The highest BCUT2D eigenvalue weighted by Gasteiger charge is 2.25. The number of hydrogen-bond donors (Lipinski definition) is 1. The van der Waals surface area contributed by atoms with Crippen LogP contribution in [0.5, 0.6) is 0 Å². The van der Waals surface area contributed by atoms with Gasteiger partial charge in [-0.05, 0) is 39.1 Å². The Labute approximate surface area is 107 Å². The van der Waals surface area contributed by atoms with E-state index in [1.807, 2.05) is 38.3 Å². The zero-order valence-electron chi connectivity index (χ0n) is 10.9. The van der Waals surface area contributed by atoms with Crippen molar-refractivity contribution in [3.05, 3.63) is 22.4 Å². The van der Waals surface area contributed by atoms with Crippen molar-refractivity contribution in [1.82, 2.24) is 4.90 Å². The smallest absolute Gasteiger partial charge is 0.230 e. The van der Waals surface area contributed by atoms with Gasteiger partial charge in [0.15, 0.2) is 0 Å². The van der Waals surface area contributed by atoms with Gasteiger partial charge in [-0.15, -0.1) is 11.3 Å². The predicted molar refractivity (Wildman–Crippen MR) is 71.3 cm³/mol. The van der Waals surface area contributed by atoms with Crippen molar-refractivity contribution in [3.63, 3.8) is 0 Å². The third kappa shape index (κ3) is 3.82. The third-order valence-corrected chi connectivity index (χ3v) is 3.76. The van der Waals surface area contributed by atoms with Gasteiger partial charge in [0.2, 0.25) is 5.91 Å². The molecule has 1 aromatic rings. The van der Waals surface area contributed by atoms with Crippen LogP contribution in [-0.2, 0) is 4.79 Å². The van der Waals surface area contributed by atoms with Gasteiger partial charge in [0.25, 0.3) is 0 Å². The lowest BCUT2D eigenvalue weighted by molar-refractivity contribution is -0.135. The summed E-state index contributed by atoms with van der Waals surface area (Å²) in [6.45, 7) is 7.97. The van der Waals surface area contributed by atoms with E-state index in [1.54, 1.807) is 23.2 Å². The van der Waals surface area contributed by atoms with Crippen LogP contribution in [0, 0.1) is 0 Å². The highest BCUT2D eigenvalue weighted by Crippen LogP contribution is 2.23. The van der Waals surface area contributed by atoms with E-state index in [0.717, 1.165) is 4.88 Å². The van der Waals surface area contributed by atoms with Gasteiger partial charge in [-0.2, -0.15) is 0 Å².